The molecule has 2 aromatic carbocycles. The highest BCUT2D eigenvalue weighted by Crippen LogP contribution is 2.29. The largest absolute Gasteiger partial charge is 0.805 e. The van der Waals surface area contributed by atoms with Gasteiger partial charge in [-0.15, -0.1) is 0 Å². The molecule has 1 heterocycles. The van der Waals surface area contributed by atoms with E-state index in [1.54, 1.807) is 36.4 Å². The van der Waals surface area contributed by atoms with Gasteiger partial charge in [-0.25, -0.2) is 0 Å². The number of aromatic nitrogens is 2. The zero-order chi connectivity index (χ0) is 28.4. The molecule has 0 unspecified atom stereocenters. The molecule has 0 saturated carbocycles. The van der Waals surface area contributed by atoms with Crippen LogP contribution >= 0.6 is 0 Å². The van der Waals surface area contributed by atoms with Gasteiger partial charge in [-0.05, 0) is 32.0 Å². The molecule has 0 amide bonds. The number of fused-ring (bicyclic) bond motifs is 2. The summed E-state index contributed by atoms with van der Waals surface area (Å²) in [4.78, 5) is 13.4. The van der Waals surface area contributed by atoms with Crippen LogP contribution in [0.4, 0.5) is 0 Å². The predicted molar refractivity (Wildman–Crippen MR) is 149 cm³/mol. The lowest BCUT2D eigenvalue weighted by Gasteiger charge is -2.18. The molecule has 3 rings (SSSR count). The molecule has 12 nitrogen and oxygen atoms in total. The molecular formula is C28H40N2O10. The number of rotatable bonds is 22. The summed E-state index contributed by atoms with van der Waals surface area (Å²) in [6.45, 7) is 10.1. The highest BCUT2D eigenvalue weighted by Gasteiger charge is 2.22. The molecule has 0 fully saturated rings. The molecule has 12 heteroatoms. The molecule has 40 heavy (non-hydrogen) atoms. The van der Waals surface area contributed by atoms with Crippen molar-refractivity contribution in [2.75, 3.05) is 92.5 Å². The van der Waals surface area contributed by atoms with Gasteiger partial charge in [0, 0.05) is 24.2 Å². The normalized spacial score (nSPS) is 11.4. The first-order chi connectivity index (χ1) is 19.7. The molecule has 0 saturated heterocycles. The Kier molecular flexibility index (Phi) is 14.5. The Bertz CT molecular complexity index is 1200. The maximum atomic E-state index is 13.4. The molecule has 3 aromatic rings. The molecule has 0 radical (unpaired) electrons. The van der Waals surface area contributed by atoms with Crippen LogP contribution in [0.1, 0.15) is 13.8 Å². The van der Waals surface area contributed by atoms with E-state index >= 15 is 0 Å². The van der Waals surface area contributed by atoms with Crippen molar-refractivity contribution in [1.82, 2.24) is 4.73 Å². The lowest BCUT2D eigenvalue weighted by atomic mass is 10.2. The van der Waals surface area contributed by atoms with Crippen molar-refractivity contribution in [3.8, 4) is 11.5 Å². The number of hydrogen-bond acceptors (Lipinski definition) is 10. The van der Waals surface area contributed by atoms with Gasteiger partial charge < -0.3 is 47.8 Å². The summed E-state index contributed by atoms with van der Waals surface area (Å²) in [5.41, 5.74) is 0.600. The van der Waals surface area contributed by atoms with Crippen LogP contribution in [0, 0.1) is 10.1 Å². The molecule has 222 valence electrons. The Morgan fingerprint density at radius 2 is 1.07 bits per heavy atom. The lowest BCUT2D eigenvalue weighted by molar-refractivity contribution is -0.433. The van der Waals surface area contributed by atoms with E-state index < -0.39 is 0 Å². The predicted octanol–water partition coefficient (Wildman–Crippen LogP) is 2.95. The average Bonchev–Trinajstić information content (AvgIpc) is 2.97. The lowest BCUT2D eigenvalue weighted by Crippen LogP contribution is -2.22. The number of benzene rings is 2. The number of nitrogens with zero attached hydrogens (tertiary/aromatic N) is 2. The first-order valence-electron chi connectivity index (χ1n) is 13.6. The zero-order valence-corrected chi connectivity index (χ0v) is 23.3. The third-order valence-corrected chi connectivity index (χ3v) is 5.67. The van der Waals surface area contributed by atoms with Gasteiger partial charge in [0.15, 0.2) is 11.3 Å². The van der Waals surface area contributed by atoms with Gasteiger partial charge in [0.2, 0.25) is 0 Å². The van der Waals surface area contributed by atoms with Gasteiger partial charge in [-0.2, -0.15) is 0 Å². The van der Waals surface area contributed by atoms with Crippen molar-refractivity contribution in [1.29, 1.82) is 0 Å². The van der Waals surface area contributed by atoms with E-state index in [9.17, 15) is 10.1 Å². The van der Waals surface area contributed by atoms with Gasteiger partial charge in [0.25, 0.3) is 5.52 Å². The minimum absolute atomic E-state index is 0.133. The fourth-order valence-electron chi connectivity index (χ4n) is 3.82. The third kappa shape index (κ3) is 9.58. The fraction of sp³-hybridized carbons (Fsp3) is 0.571. The van der Waals surface area contributed by atoms with E-state index in [2.05, 4.69) is 0 Å². The van der Waals surface area contributed by atoms with E-state index in [0.717, 1.165) is 0 Å². The number of ether oxygens (including phenoxy) is 8. The van der Waals surface area contributed by atoms with Crippen LogP contribution in [-0.2, 0) is 28.4 Å². The smallest absolute Gasteiger partial charge is 0.328 e. The van der Waals surface area contributed by atoms with Crippen LogP contribution in [0.2, 0.25) is 0 Å². The van der Waals surface area contributed by atoms with Crippen molar-refractivity contribution >= 4 is 22.1 Å². The molecule has 0 aliphatic carbocycles. The first-order valence-corrected chi connectivity index (χ1v) is 13.6. The second-order valence-electron chi connectivity index (χ2n) is 8.38. The van der Waals surface area contributed by atoms with Gasteiger partial charge in [0.1, 0.15) is 24.5 Å². The van der Waals surface area contributed by atoms with Crippen molar-refractivity contribution in [2.24, 2.45) is 0 Å². The maximum absolute atomic E-state index is 13.4. The maximum Gasteiger partial charge on any atom is 0.328 e. The Morgan fingerprint density at radius 1 is 0.625 bits per heavy atom. The van der Waals surface area contributed by atoms with E-state index in [0.29, 0.717) is 99.9 Å². The third-order valence-electron chi connectivity index (χ3n) is 5.67. The first kappa shape index (κ1) is 31.5. The van der Waals surface area contributed by atoms with Crippen LogP contribution in [0.5, 0.6) is 11.5 Å². The van der Waals surface area contributed by atoms with Gasteiger partial charge in [-0.1, -0.05) is 12.1 Å². The molecule has 0 aliphatic heterocycles. The van der Waals surface area contributed by atoms with E-state index in [4.69, 9.17) is 37.9 Å². The molecule has 1 aromatic heterocycles. The van der Waals surface area contributed by atoms with Crippen LogP contribution in [0.3, 0.4) is 0 Å². The summed E-state index contributed by atoms with van der Waals surface area (Å²) in [6, 6.07) is 9.78. The Morgan fingerprint density at radius 3 is 1.62 bits per heavy atom. The van der Waals surface area contributed by atoms with Crippen LogP contribution in [-0.4, -0.2) is 97.2 Å². The molecule has 0 aliphatic rings. The Balaban J connectivity index is 1.55. The summed E-state index contributed by atoms with van der Waals surface area (Å²) in [5, 5.41) is 13.4. The highest BCUT2D eigenvalue weighted by atomic mass is 16.6. The minimum atomic E-state index is 0.133. The van der Waals surface area contributed by atoms with Crippen molar-refractivity contribution in [2.45, 2.75) is 13.8 Å². The summed E-state index contributed by atoms with van der Waals surface area (Å²) >= 11 is 0. The SMILES string of the molecule is CCOCCOCCOCCOc1cccc2c1n([O-])c1cccc(OCCOCCOCCOCC)c1[n+]2=O. The van der Waals surface area contributed by atoms with Crippen LogP contribution < -0.4 is 13.9 Å². The van der Waals surface area contributed by atoms with Crippen molar-refractivity contribution in [3.63, 3.8) is 0 Å². The Labute approximate surface area is 233 Å². The molecule has 0 bridgehead atoms. The van der Waals surface area contributed by atoms with Crippen LogP contribution in [0.25, 0.3) is 22.1 Å². The van der Waals surface area contributed by atoms with Gasteiger partial charge >= 0.3 is 5.52 Å². The molecule has 0 N–H and O–H groups in total. The summed E-state index contributed by atoms with van der Waals surface area (Å²) in [7, 11) is 0. The number of para-hydroxylation sites is 2. The quantitative estimate of drug-likeness (QED) is 0.102. The topological polar surface area (TPSA) is 125 Å². The second-order valence-corrected chi connectivity index (χ2v) is 8.38. The Hall–Kier alpha value is -3.00. The molecule has 0 spiro atoms. The molecular weight excluding hydrogens is 524 g/mol. The van der Waals surface area contributed by atoms with E-state index in [1.165, 1.54) is 0 Å². The standard InChI is InChI=1S/C28H40N2O10/c1-3-33-11-13-35-15-17-37-19-21-39-25-9-5-7-23-27(25)29(31)24-8-6-10-26(28(24)30(23)32)40-22-20-38-18-16-36-14-12-34-4-2/h5-10H,3-4,11-22H2,1-2H3. The van der Waals surface area contributed by atoms with E-state index in [-0.39, 0.29) is 35.3 Å². The van der Waals surface area contributed by atoms with Gasteiger partial charge in [0.05, 0.1) is 70.5 Å². The summed E-state index contributed by atoms with van der Waals surface area (Å²) in [5.74, 6) is 0.581. The number of hydrogen-bond donors (Lipinski definition) is 0. The molecule has 0 atom stereocenters. The second kappa shape index (κ2) is 18.4. The highest BCUT2D eigenvalue weighted by molar-refractivity contribution is 5.89. The summed E-state index contributed by atoms with van der Waals surface area (Å²) < 4.78 is 45.3. The summed E-state index contributed by atoms with van der Waals surface area (Å²) in [6.07, 6.45) is 0. The van der Waals surface area contributed by atoms with E-state index in [1.807, 2.05) is 13.8 Å². The zero-order valence-electron chi connectivity index (χ0n) is 23.3. The van der Waals surface area contributed by atoms with Crippen molar-refractivity contribution in [3.05, 3.63) is 46.5 Å². The van der Waals surface area contributed by atoms with Crippen LogP contribution in [0.15, 0.2) is 36.4 Å². The monoisotopic (exact) mass is 564 g/mol. The minimum Gasteiger partial charge on any atom is -0.805 e. The van der Waals surface area contributed by atoms with Gasteiger partial charge in [-0.3, -0.25) is 0 Å². The van der Waals surface area contributed by atoms with Crippen molar-refractivity contribution < 1.29 is 42.3 Å². The fourth-order valence-corrected chi connectivity index (χ4v) is 3.82. The average molecular weight is 565 g/mol.